The van der Waals surface area contributed by atoms with Gasteiger partial charge in [-0.05, 0) is 37.0 Å². The smallest absolute Gasteiger partial charge is 0.133 e. The lowest BCUT2D eigenvalue weighted by Crippen LogP contribution is -2.26. The summed E-state index contributed by atoms with van der Waals surface area (Å²) in [6.45, 7) is 3.15. The Morgan fingerprint density at radius 3 is 2.95 bits per heavy atom. The van der Waals surface area contributed by atoms with Crippen LogP contribution in [0.15, 0.2) is 36.8 Å². The summed E-state index contributed by atoms with van der Waals surface area (Å²) in [6.07, 6.45) is 9.30. The fourth-order valence-electron chi connectivity index (χ4n) is 3.05. The third-order valence-electron chi connectivity index (χ3n) is 4.37. The minimum absolute atomic E-state index is 0.471. The van der Waals surface area contributed by atoms with E-state index in [1.807, 2.05) is 30.7 Å². The van der Waals surface area contributed by atoms with E-state index in [9.17, 15) is 0 Å². The van der Waals surface area contributed by atoms with Crippen LogP contribution in [0.5, 0.6) is 0 Å². The number of rotatable bonds is 5. The normalized spacial score (nSPS) is 21.9. The number of hydrogen-bond donors (Lipinski definition) is 1. The largest absolute Gasteiger partial charge is 0.366 e. The average molecular weight is 295 g/mol. The fraction of sp³-hybridized carbons (Fsp3) is 0.471. The van der Waals surface area contributed by atoms with Crippen molar-refractivity contribution in [2.75, 3.05) is 18.4 Å². The van der Waals surface area contributed by atoms with Crippen LogP contribution in [0.4, 0.5) is 5.82 Å². The summed E-state index contributed by atoms with van der Waals surface area (Å²) in [5.41, 5.74) is 1.28. The van der Waals surface area contributed by atoms with E-state index in [0.717, 1.165) is 37.7 Å². The van der Waals surface area contributed by atoms with Gasteiger partial charge in [0.1, 0.15) is 11.6 Å². The van der Waals surface area contributed by atoms with E-state index < -0.39 is 0 Å². The Labute approximate surface area is 130 Å². The van der Waals surface area contributed by atoms with Gasteiger partial charge < -0.3 is 5.32 Å². The molecule has 2 aromatic rings. The van der Waals surface area contributed by atoms with Crippen molar-refractivity contribution in [2.45, 2.75) is 37.8 Å². The van der Waals surface area contributed by atoms with Crippen molar-refractivity contribution in [2.24, 2.45) is 0 Å². The minimum Gasteiger partial charge on any atom is -0.366 e. The molecule has 1 atom stereocenters. The fourth-order valence-corrected chi connectivity index (χ4v) is 3.05. The lowest BCUT2D eigenvalue weighted by molar-refractivity contribution is 0.328. The van der Waals surface area contributed by atoms with E-state index >= 15 is 0 Å². The molecule has 1 unspecified atom stereocenters. The Balaban J connectivity index is 1.34. The number of anilines is 1. The van der Waals surface area contributed by atoms with Crippen molar-refractivity contribution in [1.29, 1.82) is 0 Å². The molecule has 0 aromatic carbocycles. The standard InChI is InChI=1S/C17H21N5/c1-2-13(10-18-7-1)11-22-9-6-15(12-22)20-16-5-8-19-17(21-16)14-3-4-14/h1-2,5,7-8,10,14-15H,3-4,6,9,11-12H2,(H,19,20,21). The van der Waals surface area contributed by atoms with Gasteiger partial charge in [-0.3, -0.25) is 9.88 Å². The first-order chi connectivity index (χ1) is 10.9. The van der Waals surface area contributed by atoms with E-state index in [4.69, 9.17) is 0 Å². The van der Waals surface area contributed by atoms with Crippen molar-refractivity contribution in [3.63, 3.8) is 0 Å². The van der Waals surface area contributed by atoms with Crippen molar-refractivity contribution in [1.82, 2.24) is 19.9 Å². The summed E-state index contributed by atoms with van der Waals surface area (Å²) < 4.78 is 0. The summed E-state index contributed by atoms with van der Waals surface area (Å²) >= 11 is 0. The van der Waals surface area contributed by atoms with E-state index in [1.54, 1.807) is 0 Å². The third kappa shape index (κ3) is 3.25. The lowest BCUT2D eigenvalue weighted by Gasteiger charge is -2.17. The highest BCUT2D eigenvalue weighted by molar-refractivity contribution is 5.35. The van der Waals surface area contributed by atoms with Gasteiger partial charge in [-0.25, -0.2) is 9.97 Å². The van der Waals surface area contributed by atoms with Crippen LogP contribution in [0.3, 0.4) is 0 Å². The SMILES string of the molecule is c1cncc(CN2CCC(Nc3ccnc(C4CC4)n3)C2)c1. The molecule has 1 N–H and O–H groups in total. The Kier molecular flexibility index (Phi) is 3.72. The van der Waals surface area contributed by atoms with Gasteiger partial charge >= 0.3 is 0 Å². The van der Waals surface area contributed by atoms with Gasteiger partial charge in [0.15, 0.2) is 0 Å². The first-order valence-corrected chi connectivity index (χ1v) is 8.07. The molecule has 2 fully saturated rings. The number of likely N-dealkylation sites (tertiary alicyclic amines) is 1. The van der Waals surface area contributed by atoms with E-state index in [1.165, 1.54) is 18.4 Å². The molecule has 2 aromatic heterocycles. The van der Waals surface area contributed by atoms with Gasteiger partial charge in [0.2, 0.25) is 0 Å². The molecule has 2 aliphatic rings. The zero-order valence-electron chi connectivity index (χ0n) is 12.7. The molecule has 0 spiro atoms. The van der Waals surface area contributed by atoms with Crippen LogP contribution in [-0.4, -0.2) is 39.0 Å². The van der Waals surface area contributed by atoms with Gasteiger partial charge in [0.05, 0.1) is 0 Å². The molecule has 1 saturated heterocycles. The molecule has 1 aliphatic heterocycles. The molecular formula is C17H21N5. The Hall–Kier alpha value is -2.01. The average Bonchev–Trinajstić information content (AvgIpc) is 3.31. The summed E-state index contributed by atoms with van der Waals surface area (Å²) in [6, 6.07) is 6.59. The monoisotopic (exact) mass is 295 g/mol. The minimum atomic E-state index is 0.471. The molecule has 3 heterocycles. The number of hydrogen-bond acceptors (Lipinski definition) is 5. The van der Waals surface area contributed by atoms with Gasteiger partial charge in [-0.15, -0.1) is 0 Å². The Morgan fingerprint density at radius 1 is 1.18 bits per heavy atom. The molecule has 1 saturated carbocycles. The first kappa shape index (κ1) is 13.6. The second-order valence-corrected chi connectivity index (χ2v) is 6.30. The van der Waals surface area contributed by atoms with Crippen LogP contribution in [0.25, 0.3) is 0 Å². The molecule has 114 valence electrons. The maximum absolute atomic E-state index is 4.66. The second kappa shape index (κ2) is 6.01. The van der Waals surface area contributed by atoms with Gasteiger partial charge in [0.25, 0.3) is 0 Å². The highest BCUT2D eigenvalue weighted by atomic mass is 15.2. The molecule has 0 bridgehead atoms. The summed E-state index contributed by atoms with van der Waals surface area (Å²) in [7, 11) is 0. The van der Waals surface area contributed by atoms with E-state index in [-0.39, 0.29) is 0 Å². The zero-order chi connectivity index (χ0) is 14.8. The number of pyridine rings is 1. The molecule has 22 heavy (non-hydrogen) atoms. The number of nitrogens with one attached hydrogen (secondary N) is 1. The van der Waals surface area contributed by atoms with Crippen LogP contribution in [-0.2, 0) is 6.54 Å². The van der Waals surface area contributed by atoms with Crippen molar-refractivity contribution >= 4 is 5.82 Å². The quantitative estimate of drug-likeness (QED) is 0.918. The maximum atomic E-state index is 4.66. The van der Waals surface area contributed by atoms with Crippen LogP contribution in [0.1, 0.15) is 36.6 Å². The highest BCUT2D eigenvalue weighted by Gasteiger charge is 2.27. The first-order valence-electron chi connectivity index (χ1n) is 8.07. The zero-order valence-corrected chi connectivity index (χ0v) is 12.7. The van der Waals surface area contributed by atoms with Crippen molar-refractivity contribution in [3.8, 4) is 0 Å². The Bertz CT molecular complexity index is 626. The van der Waals surface area contributed by atoms with Gasteiger partial charge in [-0.2, -0.15) is 0 Å². The van der Waals surface area contributed by atoms with Crippen LogP contribution in [0.2, 0.25) is 0 Å². The molecular weight excluding hydrogens is 274 g/mol. The summed E-state index contributed by atoms with van der Waals surface area (Å²) in [5, 5.41) is 3.57. The van der Waals surface area contributed by atoms with E-state index in [2.05, 4.69) is 31.2 Å². The molecule has 5 nitrogen and oxygen atoms in total. The molecule has 4 rings (SSSR count). The summed E-state index contributed by atoms with van der Waals surface area (Å²) in [5.74, 6) is 2.59. The van der Waals surface area contributed by atoms with Crippen molar-refractivity contribution < 1.29 is 0 Å². The van der Waals surface area contributed by atoms with Crippen LogP contribution in [0, 0.1) is 0 Å². The van der Waals surface area contributed by atoms with Gasteiger partial charge in [-0.1, -0.05) is 6.07 Å². The predicted octanol–water partition coefficient (Wildman–Crippen LogP) is 2.44. The maximum Gasteiger partial charge on any atom is 0.133 e. The lowest BCUT2D eigenvalue weighted by atomic mass is 10.2. The summed E-state index contributed by atoms with van der Waals surface area (Å²) in [4.78, 5) is 15.7. The topological polar surface area (TPSA) is 53.9 Å². The predicted molar refractivity (Wildman–Crippen MR) is 85.5 cm³/mol. The molecule has 0 radical (unpaired) electrons. The number of aromatic nitrogens is 3. The van der Waals surface area contributed by atoms with Crippen molar-refractivity contribution in [3.05, 3.63) is 48.2 Å². The molecule has 0 amide bonds. The molecule has 5 heteroatoms. The van der Waals surface area contributed by atoms with E-state index in [0.29, 0.717) is 12.0 Å². The number of nitrogens with zero attached hydrogens (tertiary/aromatic N) is 4. The molecule has 1 aliphatic carbocycles. The third-order valence-corrected chi connectivity index (χ3v) is 4.37. The second-order valence-electron chi connectivity index (χ2n) is 6.30. The Morgan fingerprint density at radius 2 is 2.14 bits per heavy atom. The van der Waals surface area contributed by atoms with Gasteiger partial charge in [0, 0.05) is 50.2 Å². The van der Waals surface area contributed by atoms with Crippen LogP contribution < -0.4 is 5.32 Å². The van der Waals surface area contributed by atoms with Crippen LogP contribution >= 0.6 is 0 Å². The highest BCUT2D eigenvalue weighted by Crippen LogP contribution is 2.38.